The van der Waals surface area contributed by atoms with Crippen molar-refractivity contribution in [2.75, 3.05) is 0 Å². The van der Waals surface area contributed by atoms with E-state index in [1.807, 2.05) is 0 Å². The Morgan fingerprint density at radius 1 is 1.31 bits per heavy atom. The van der Waals surface area contributed by atoms with E-state index in [1.165, 1.54) is 24.0 Å². The Labute approximate surface area is 78.8 Å². The van der Waals surface area contributed by atoms with E-state index < -0.39 is 0 Å². The third kappa shape index (κ3) is 1.51. The minimum atomic E-state index is 0.218. The van der Waals surface area contributed by atoms with Crippen LogP contribution in [0.2, 0.25) is 0 Å². The topological polar surface area (TPSA) is 17.1 Å². The Hall–Kier alpha value is -1.11. The Kier molecular flexibility index (Phi) is 1.95. The number of aldehydes is 1. The number of benzene rings is 1. The molecule has 0 heterocycles. The van der Waals surface area contributed by atoms with Gasteiger partial charge in [-0.2, -0.15) is 0 Å². The predicted octanol–water partition coefficient (Wildman–Crippen LogP) is 2.62. The maximum absolute atomic E-state index is 10.5. The fourth-order valence-electron chi connectivity index (χ4n) is 1.83. The lowest BCUT2D eigenvalue weighted by Gasteiger charge is -2.11. The zero-order chi connectivity index (χ0) is 9.31. The minimum absolute atomic E-state index is 0.218. The van der Waals surface area contributed by atoms with Crippen LogP contribution in [0.5, 0.6) is 0 Å². The van der Waals surface area contributed by atoms with Gasteiger partial charge < -0.3 is 4.79 Å². The zero-order valence-electron chi connectivity index (χ0n) is 7.92. The van der Waals surface area contributed by atoms with Crippen LogP contribution < -0.4 is 0 Å². The fourth-order valence-corrected chi connectivity index (χ4v) is 1.83. The Morgan fingerprint density at radius 3 is 2.38 bits per heavy atom. The molecule has 0 amide bonds. The summed E-state index contributed by atoms with van der Waals surface area (Å²) in [7, 11) is 0. The molecule has 0 unspecified atom stereocenters. The van der Waals surface area contributed by atoms with Gasteiger partial charge in [-0.25, -0.2) is 0 Å². The lowest BCUT2D eigenvalue weighted by molar-refractivity contribution is -0.108. The van der Waals surface area contributed by atoms with E-state index in [2.05, 4.69) is 31.2 Å². The number of aryl methyl sites for hydroxylation is 1. The number of carbonyl (C=O) groups is 1. The molecule has 1 aromatic carbocycles. The molecule has 1 saturated carbocycles. The summed E-state index contributed by atoms with van der Waals surface area (Å²) in [6.07, 6.45) is 4.09. The van der Waals surface area contributed by atoms with E-state index in [9.17, 15) is 4.79 Å². The third-order valence-corrected chi connectivity index (χ3v) is 2.99. The molecular weight excluding hydrogens is 160 g/mol. The van der Waals surface area contributed by atoms with E-state index in [4.69, 9.17) is 0 Å². The standard InChI is InChI=1S/C12H14O/c1-10-2-4-11(5-3-10)12(6-7-12)8-9-13/h2-5,9H,6-8H2,1H3. The molecule has 1 aliphatic carbocycles. The van der Waals surface area contributed by atoms with Gasteiger partial charge >= 0.3 is 0 Å². The molecule has 1 nitrogen and oxygen atoms in total. The van der Waals surface area contributed by atoms with Crippen molar-refractivity contribution in [1.82, 2.24) is 0 Å². The molecule has 68 valence electrons. The molecule has 2 rings (SSSR count). The molecule has 0 saturated heterocycles. The zero-order valence-corrected chi connectivity index (χ0v) is 7.92. The molecule has 1 aromatic rings. The lowest BCUT2D eigenvalue weighted by Crippen LogP contribution is -2.06. The number of hydrogen-bond acceptors (Lipinski definition) is 1. The highest BCUT2D eigenvalue weighted by Crippen LogP contribution is 2.50. The summed E-state index contributed by atoms with van der Waals surface area (Å²) in [4.78, 5) is 10.5. The van der Waals surface area contributed by atoms with Crippen molar-refractivity contribution in [3.63, 3.8) is 0 Å². The largest absolute Gasteiger partial charge is 0.303 e. The average Bonchev–Trinajstić information content (AvgIpc) is 2.87. The van der Waals surface area contributed by atoms with E-state index in [-0.39, 0.29) is 5.41 Å². The molecule has 13 heavy (non-hydrogen) atoms. The molecule has 0 aromatic heterocycles. The maximum atomic E-state index is 10.5. The summed E-state index contributed by atoms with van der Waals surface area (Å²) in [5, 5.41) is 0. The molecule has 0 bridgehead atoms. The quantitative estimate of drug-likeness (QED) is 0.644. The first kappa shape index (κ1) is 8.49. The van der Waals surface area contributed by atoms with Crippen molar-refractivity contribution in [3.05, 3.63) is 35.4 Å². The predicted molar refractivity (Wildman–Crippen MR) is 52.8 cm³/mol. The van der Waals surface area contributed by atoms with Crippen molar-refractivity contribution >= 4 is 6.29 Å². The SMILES string of the molecule is Cc1ccc(C2(CC=O)CC2)cc1. The second kappa shape index (κ2) is 2.99. The van der Waals surface area contributed by atoms with E-state index in [0.29, 0.717) is 6.42 Å². The first-order chi connectivity index (χ1) is 6.27. The Bertz CT molecular complexity index is 306. The van der Waals surface area contributed by atoms with Crippen LogP contribution in [0.25, 0.3) is 0 Å². The van der Waals surface area contributed by atoms with Gasteiger partial charge in [0.15, 0.2) is 0 Å². The third-order valence-electron chi connectivity index (χ3n) is 2.99. The molecule has 0 radical (unpaired) electrons. The van der Waals surface area contributed by atoms with Crippen LogP contribution >= 0.6 is 0 Å². The molecule has 0 N–H and O–H groups in total. The van der Waals surface area contributed by atoms with Crippen LogP contribution in [-0.4, -0.2) is 6.29 Å². The Balaban J connectivity index is 2.25. The molecular formula is C12H14O. The highest BCUT2D eigenvalue weighted by atomic mass is 16.1. The van der Waals surface area contributed by atoms with E-state index in [0.717, 1.165) is 6.29 Å². The first-order valence-electron chi connectivity index (χ1n) is 4.78. The van der Waals surface area contributed by atoms with Crippen LogP contribution in [0.3, 0.4) is 0 Å². The van der Waals surface area contributed by atoms with Gasteiger partial charge in [-0.05, 0) is 25.3 Å². The minimum Gasteiger partial charge on any atom is -0.303 e. The van der Waals surface area contributed by atoms with Crippen molar-refractivity contribution in [3.8, 4) is 0 Å². The number of rotatable bonds is 3. The molecule has 0 atom stereocenters. The van der Waals surface area contributed by atoms with Crippen molar-refractivity contribution in [1.29, 1.82) is 0 Å². The van der Waals surface area contributed by atoms with Crippen LogP contribution in [-0.2, 0) is 10.2 Å². The summed E-state index contributed by atoms with van der Waals surface area (Å²) < 4.78 is 0. The molecule has 1 fully saturated rings. The molecule has 1 aliphatic rings. The summed E-state index contributed by atoms with van der Waals surface area (Å²) in [6.45, 7) is 2.09. The normalized spacial score (nSPS) is 18.2. The van der Waals surface area contributed by atoms with Crippen LogP contribution in [0, 0.1) is 6.92 Å². The van der Waals surface area contributed by atoms with Crippen LogP contribution in [0.4, 0.5) is 0 Å². The maximum Gasteiger partial charge on any atom is 0.120 e. The fraction of sp³-hybridized carbons (Fsp3) is 0.417. The molecule has 0 aliphatic heterocycles. The highest BCUT2D eigenvalue weighted by Gasteiger charge is 2.43. The summed E-state index contributed by atoms with van der Waals surface area (Å²) in [6, 6.07) is 8.57. The van der Waals surface area contributed by atoms with Crippen molar-refractivity contribution < 1.29 is 4.79 Å². The summed E-state index contributed by atoms with van der Waals surface area (Å²) >= 11 is 0. The molecule has 0 spiro atoms. The van der Waals surface area contributed by atoms with Crippen LogP contribution in [0.15, 0.2) is 24.3 Å². The van der Waals surface area contributed by atoms with Gasteiger partial charge in [0.2, 0.25) is 0 Å². The van der Waals surface area contributed by atoms with Crippen LogP contribution in [0.1, 0.15) is 30.4 Å². The number of carbonyl (C=O) groups excluding carboxylic acids is 1. The van der Waals surface area contributed by atoms with E-state index >= 15 is 0 Å². The van der Waals surface area contributed by atoms with Crippen molar-refractivity contribution in [2.24, 2.45) is 0 Å². The number of hydrogen-bond donors (Lipinski definition) is 0. The van der Waals surface area contributed by atoms with Gasteiger partial charge in [0, 0.05) is 11.8 Å². The van der Waals surface area contributed by atoms with E-state index in [1.54, 1.807) is 0 Å². The van der Waals surface area contributed by atoms with Gasteiger partial charge in [0.1, 0.15) is 6.29 Å². The Morgan fingerprint density at radius 2 is 1.92 bits per heavy atom. The summed E-state index contributed by atoms with van der Waals surface area (Å²) in [5.41, 5.74) is 2.84. The van der Waals surface area contributed by atoms with Gasteiger partial charge in [0.05, 0.1) is 0 Å². The average molecular weight is 174 g/mol. The van der Waals surface area contributed by atoms with Gasteiger partial charge in [-0.3, -0.25) is 0 Å². The van der Waals surface area contributed by atoms with Gasteiger partial charge in [-0.1, -0.05) is 29.8 Å². The van der Waals surface area contributed by atoms with Crippen molar-refractivity contribution in [2.45, 2.75) is 31.6 Å². The second-order valence-electron chi connectivity index (χ2n) is 4.02. The second-order valence-corrected chi connectivity index (χ2v) is 4.02. The smallest absolute Gasteiger partial charge is 0.120 e. The van der Waals surface area contributed by atoms with Gasteiger partial charge in [0.25, 0.3) is 0 Å². The monoisotopic (exact) mass is 174 g/mol. The summed E-state index contributed by atoms with van der Waals surface area (Å²) in [5.74, 6) is 0. The first-order valence-corrected chi connectivity index (χ1v) is 4.78. The molecule has 1 heteroatoms. The highest BCUT2D eigenvalue weighted by molar-refractivity contribution is 5.55. The van der Waals surface area contributed by atoms with Gasteiger partial charge in [-0.15, -0.1) is 0 Å². The lowest BCUT2D eigenvalue weighted by atomic mass is 9.92.